The quantitative estimate of drug-likeness (QED) is 0.127. The van der Waals surface area contributed by atoms with Crippen molar-refractivity contribution in [3.05, 3.63) is 95.9 Å². The highest BCUT2D eigenvalue weighted by Crippen LogP contribution is 2.35. The van der Waals surface area contributed by atoms with Crippen molar-refractivity contribution in [2.24, 2.45) is 0 Å². The van der Waals surface area contributed by atoms with Crippen LogP contribution in [0, 0.1) is 5.82 Å². The number of hydrogen-bond donors (Lipinski definition) is 2. The first-order chi connectivity index (χ1) is 23.7. The van der Waals surface area contributed by atoms with Crippen molar-refractivity contribution in [2.45, 2.75) is 69.2 Å². The number of anilines is 2. The molecule has 0 radical (unpaired) electrons. The monoisotopic (exact) mass is 683 g/mol. The second-order valence-corrected chi connectivity index (χ2v) is 14.4. The maximum Gasteiger partial charge on any atom is 0.264 e. The van der Waals surface area contributed by atoms with Gasteiger partial charge in [-0.3, -0.25) is 9.10 Å². The van der Waals surface area contributed by atoms with E-state index in [1.165, 1.54) is 29.9 Å². The molecule has 12 heteroatoms. The van der Waals surface area contributed by atoms with E-state index in [1.807, 2.05) is 10.9 Å². The Balaban J connectivity index is 1.17. The first-order valence-corrected chi connectivity index (χ1v) is 18.4. The van der Waals surface area contributed by atoms with Crippen molar-refractivity contribution in [1.82, 2.24) is 25.1 Å². The Morgan fingerprint density at radius 2 is 1.67 bits per heavy atom. The van der Waals surface area contributed by atoms with E-state index in [2.05, 4.69) is 22.5 Å². The number of benzene rings is 3. The smallest absolute Gasteiger partial charge is 0.264 e. The van der Waals surface area contributed by atoms with Gasteiger partial charge in [-0.15, -0.1) is 0 Å². The van der Waals surface area contributed by atoms with Crippen molar-refractivity contribution in [3.63, 3.8) is 0 Å². The number of hydrogen-bond acceptors (Lipinski definition) is 7. The average Bonchev–Trinajstić information content (AvgIpc) is 3.51. The zero-order valence-corrected chi connectivity index (χ0v) is 28.7. The molecule has 1 amide bonds. The lowest BCUT2D eigenvalue weighted by molar-refractivity contribution is 0.0954. The number of halogens is 1. The Morgan fingerprint density at radius 1 is 0.959 bits per heavy atom. The van der Waals surface area contributed by atoms with E-state index < -0.39 is 10.0 Å². The maximum absolute atomic E-state index is 13.6. The molecule has 256 valence electrons. The highest BCUT2D eigenvalue weighted by atomic mass is 32.2. The molecule has 6 rings (SSSR count). The summed E-state index contributed by atoms with van der Waals surface area (Å²) in [6.45, 7) is 3.33. The molecule has 2 aromatic heterocycles. The number of sulfonamides is 1. The van der Waals surface area contributed by atoms with E-state index in [0.717, 1.165) is 72.9 Å². The van der Waals surface area contributed by atoms with Gasteiger partial charge in [0.25, 0.3) is 15.9 Å². The molecule has 1 aliphatic rings. The van der Waals surface area contributed by atoms with Gasteiger partial charge in [0.1, 0.15) is 11.5 Å². The topological polar surface area (TPSA) is 122 Å². The molecule has 1 aliphatic carbocycles. The Labute approximate surface area is 286 Å². The van der Waals surface area contributed by atoms with Gasteiger partial charge in [0.2, 0.25) is 5.95 Å². The Bertz CT molecular complexity index is 1990. The van der Waals surface area contributed by atoms with Gasteiger partial charge >= 0.3 is 0 Å². The van der Waals surface area contributed by atoms with Gasteiger partial charge in [0.05, 0.1) is 22.0 Å². The summed E-state index contributed by atoms with van der Waals surface area (Å²) in [6.07, 6.45) is 10.1. The van der Waals surface area contributed by atoms with Crippen LogP contribution in [0.25, 0.3) is 22.3 Å². The number of rotatable bonds is 13. The van der Waals surface area contributed by atoms with Crippen LogP contribution in [0.2, 0.25) is 0 Å². The molecule has 1 saturated carbocycles. The minimum atomic E-state index is -3.90. The molecule has 0 aliphatic heterocycles. The molecular weight excluding hydrogens is 642 g/mol. The van der Waals surface area contributed by atoms with Crippen molar-refractivity contribution in [3.8, 4) is 11.3 Å². The molecular formula is C37H42FN7O3S. The molecule has 2 N–H and O–H groups in total. The molecule has 10 nitrogen and oxygen atoms in total. The van der Waals surface area contributed by atoms with E-state index in [9.17, 15) is 17.6 Å². The van der Waals surface area contributed by atoms with Gasteiger partial charge < -0.3 is 10.6 Å². The fraction of sp³-hybridized carbons (Fsp3) is 0.351. The molecule has 0 atom stereocenters. The lowest BCUT2D eigenvalue weighted by Gasteiger charge is -2.22. The van der Waals surface area contributed by atoms with Crippen molar-refractivity contribution < 1.29 is 17.6 Å². The molecule has 1 fully saturated rings. The molecule has 0 unspecified atom stereocenters. The third-order valence-electron chi connectivity index (χ3n) is 9.07. The number of unbranched alkanes of at least 4 members (excludes halogenated alkanes) is 1. The summed E-state index contributed by atoms with van der Waals surface area (Å²) in [5, 5.41) is 12.0. The first-order valence-electron chi connectivity index (χ1n) is 17.0. The van der Waals surface area contributed by atoms with Crippen LogP contribution in [0.15, 0.2) is 83.9 Å². The summed E-state index contributed by atoms with van der Waals surface area (Å²) in [6, 6.07) is 19.6. The van der Waals surface area contributed by atoms with Gasteiger partial charge in [0.15, 0.2) is 5.65 Å². The molecule has 0 spiro atoms. The summed E-state index contributed by atoms with van der Waals surface area (Å²) in [4.78, 5) is 22.2. The largest absolute Gasteiger partial charge is 0.354 e. The van der Waals surface area contributed by atoms with Gasteiger partial charge in [-0.05, 0) is 79.8 Å². The minimum Gasteiger partial charge on any atom is -0.354 e. The van der Waals surface area contributed by atoms with E-state index in [-0.39, 0.29) is 22.7 Å². The minimum absolute atomic E-state index is 0.135. The van der Waals surface area contributed by atoms with Crippen LogP contribution in [-0.4, -0.2) is 54.2 Å². The molecule has 0 saturated heterocycles. The standard InChI is InChI=1S/C37H42FN7O3S/c1-3-4-23-40-37-41-25-33-34(43-45(35(33)42-37)31-8-6-5-7-9-31)27-14-20-32(21-15-27)49(47,48)44(2)30-18-12-28(13-19-30)36(46)39-24-22-26-10-16-29(38)17-11-26/h10-21,25,31H,3-9,22-24H2,1-2H3,(H,39,46)(H,40,41,42). The third-order valence-corrected chi connectivity index (χ3v) is 10.9. The number of nitrogens with zero attached hydrogens (tertiary/aromatic N) is 5. The van der Waals surface area contributed by atoms with E-state index >= 15 is 0 Å². The SMILES string of the molecule is CCCCNc1ncc2c(-c3ccc(S(=O)(=O)N(C)c4ccc(C(=O)NCCc5ccc(F)cc5)cc4)cc3)nn(C3CCCCC3)c2n1. The van der Waals surface area contributed by atoms with E-state index in [4.69, 9.17) is 10.1 Å². The predicted molar refractivity (Wildman–Crippen MR) is 191 cm³/mol. The van der Waals surface area contributed by atoms with Crippen molar-refractivity contribution >= 4 is 38.6 Å². The van der Waals surface area contributed by atoms with Crippen LogP contribution in [0.5, 0.6) is 0 Å². The normalized spacial score (nSPS) is 13.8. The zero-order chi connectivity index (χ0) is 34.4. The number of fused-ring (bicyclic) bond motifs is 1. The van der Waals surface area contributed by atoms with Crippen LogP contribution in [0.4, 0.5) is 16.0 Å². The summed E-state index contributed by atoms with van der Waals surface area (Å²) in [5.41, 5.74) is 4.04. The van der Waals surface area contributed by atoms with Crippen molar-refractivity contribution in [1.29, 1.82) is 0 Å². The Kier molecular flexibility index (Phi) is 10.5. The number of aromatic nitrogens is 4. The summed E-state index contributed by atoms with van der Waals surface area (Å²) in [5.74, 6) is 0.00947. The second-order valence-electron chi connectivity index (χ2n) is 12.5. The highest BCUT2D eigenvalue weighted by Gasteiger charge is 2.25. The molecule has 2 heterocycles. The number of amides is 1. The fourth-order valence-electron chi connectivity index (χ4n) is 6.16. The van der Waals surface area contributed by atoms with Crippen LogP contribution >= 0.6 is 0 Å². The van der Waals surface area contributed by atoms with Crippen LogP contribution in [0.3, 0.4) is 0 Å². The third kappa shape index (κ3) is 7.75. The average molecular weight is 684 g/mol. The summed E-state index contributed by atoms with van der Waals surface area (Å²) in [7, 11) is -2.41. The van der Waals surface area contributed by atoms with E-state index in [1.54, 1.807) is 60.7 Å². The van der Waals surface area contributed by atoms with Gasteiger partial charge in [0, 0.05) is 37.5 Å². The highest BCUT2D eigenvalue weighted by molar-refractivity contribution is 7.92. The summed E-state index contributed by atoms with van der Waals surface area (Å²) < 4.78 is 43.7. The van der Waals surface area contributed by atoms with Crippen LogP contribution in [0.1, 0.15) is 73.8 Å². The Hall–Kier alpha value is -4.84. The lowest BCUT2D eigenvalue weighted by Crippen LogP contribution is -2.27. The van der Waals surface area contributed by atoms with Gasteiger partial charge in [-0.25, -0.2) is 22.5 Å². The van der Waals surface area contributed by atoms with Crippen molar-refractivity contribution in [2.75, 3.05) is 29.8 Å². The summed E-state index contributed by atoms with van der Waals surface area (Å²) >= 11 is 0. The lowest BCUT2D eigenvalue weighted by atomic mass is 9.96. The zero-order valence-electron chi connectivity index (χ0n) is 27.9. The van der Waals surface area contributed by atoms with Crippen LogP contribution < -0.4 is 14.9 Å². The number of carbonyl (C=O) groups is 1. The Morgan fingerprint density at radius 3 is 2.37 bits per heavy atom. The maximum atomic E-state index is 13.6. The van der Waals surface area contributed by atoms with Gasteiger partial charge in [-0.2, -0.15) is 10.1 Å². The van der Waals surface area contributed by atoms with Crippen LogP contribution in [-0.2, 0) is 16.4 Å². The number of nitrogens with one attached hydrogen (secondary N) is 2. The number of carbonyl (C=O) groups excluding carboxylic acids is 1. The second kappa shape index (κ2) is 15.1. The first kappa shape index (κ1) is 34.0. The molecule has 3 aromatic carbocycles. The molecule has 49 heavy (non-hydrogen) atoms. The predicted octanol–water partition coefficient (Wildman–Crippen LogP) is 7.15. The van der Waals surface area contributed by atoms with E-state index in [0.29, 0.717) is 30.2 Å². The molecule has 0 bridgehead atoms. The van der Waals surface area contributed by atoms with Gasteiger partial charge in [-0.1, -0.05) is 56.9 Å². The molecule has 5 aromatic rings. The fourth-order valence-corrected chi connectivity index (χ4v) is 7.35.